The number of likely N-dealkylation sites (tertiary alicyclic amines) is 1. The van der Waals surface area contributed by atoms with Crippen molar-refractivity contribution >= 4 is 5.82 Å². The number of aryl methyl sites for hydroxylation is 1. The molecular formula is C18H27N5O2. The van der Waals surface area contributed by atoms with Crippen molar-refractivity contribution in [3.05, 3.63) is 36.3 Å². The minimum Gasteiger partial charge on any atom is -0.483 e. The number of rotatable bonds is 6. The van der Waals surface area contributed by atoms with E-state index in [9.17, 15) is 5.11 Å². The van der Waals surface area contributed by atoms with E-state index in [0.717, 1.165) is 17.9 Å². The Morgan fingerprint density at radius 3 is 2.72 bits per heavy atom. The molecule has 3 rings (SSSR count). The predicted molar refractivity (Wildman–Crippen MR) is 96.7 cm³/mol. The van der Waals surface area contributed by atoms with Gasteiger partial charge in [-0.15, -0.1) is 0 Å². The predicted octanol–water partition coefficient (Wildman–Crippen LogP) is 1.28. The largest absolute Gasteiger partial charge is 0.483 e. The molecule has 2 aromatic rings. The molecule has 0 unspecified atom stereocenters. The van der Waals surface area contributed by atoms with Gasteiger partial charge in [0.15, 0.2) is 5.75 Å². The number of β-amino-alcohol motifs (C(OH)–C–C–N with tert-alkyl or cyclic N) is 1. The van der Waals surface area contributed by atoms with Crippen LogP contribution < -0.4 is 9.64 Å². The van der Waals surface area contributed by atoms with Gasteiger partial charge in [-0.2, -0.15) is 5.10 Å². The summed E-state index contributed by atoms with van der Waals surface area (Å²) in [6, 6.07) is 4.56. The molecular weight excluding hydrogens is 318 g/mol. The van der Waals surface area contributed by atoms with Gasteiger partial charge in [-0.25, -0.2) is 4.98 Å². The van der Waals surface area contributed by atoms with Crippen LogP contribution in [-0.4, -0.2) is 63.2 Å². The monoisotopic (exact) mass is 345 g/mol. The fourth-order valence-corrected chi connectivity index (χ4v) is 2.95. The van der Waals surface area contributed by atoms with Gasteiger partial charge in [0.2, 0.25) is 0 Å². The van der Waals surface area contributed by atoms with Crippen LogP contribution in [0.15, 0.2) is 30.7 Å². The molecule has 2 atom stereocenters. The van der Waals surface area contributed by atoms with Crippen LogP contribution in [0, 0.1) is 0 Å². The number of anilines is 1. The fourth-order valence-electron chi connectivity index (χ4n) is 2.95. The number of hydrogen-bond acceptors (Lipinski definition) is 6. The lowest BCUT2D eigenvalue weighted by atomic mass is 10.2. The molecule has 0 saturated carbocycles. The third kappa shape index (κ3) is 4.29. The number of aromatic nitrogens is 3. The zero-order valence-corrected chi connectivity index (χ0v) is 15.3. The Labute approximate surface area is 148 Å². The van der Waals surface area contributed by atoms with E-state index in [4.69, 9.17) is 4.74 Å². The van der Waals surface area contributed by atoms with Crippen LogP contribution in [0.3, 0.4) is 0 Å². The van der Waals surface area contributed by atoms with E-state index in [2.05, 4.69) is 39.8 Å². The third-order valence-corrected chi connectivity index (χ3v) is 4.63. The number of aliphatic hydroxyl groups excluding tert-OH is 1. The summed E-state index contributed by atoms with van der Waals surface area (Å²) in [5.41, 5.74) is 1.13. The maximum Gasteiger partial charge on any atom is 0.157 e. The first-order valence-corrected chi connectivity index (χ1v) is 8.66. The Morgan fingerprint density at radius 1 is 1.32 bits per heavy atom. The molecule has 0 aromatic carbocycles. The molecule has 0 radical (unpaired) electrons. The highest BCUT2D eigenvalue weighted by atomic mass is 16.5. The lowest BCUT2D eigenvalue weighted by Crippen LogP contribution is -2.29. The molecule has 2 aromatic heterocycles. The molecule has 1 aliphatic rings. The van der Waals surface area contributed by atoms with Crippen molar-refractivity contribution in [2.24, 2.45) is 7.05 Å². The first-order chi connectivity index (χ1) is 11.9. The van der Waals surface area contributed by atoms with Crippen LogP contribution in [0.25, 0.3) is 0 Å². The number of hydrogen-bond donors (Lipinski definition) is 1. The molecule has 1 fully saturated rings. The van der Waals surface area contributed by atoms with Crippen molar-refractivity contribution in [2.45, 2.75) is 38.6 Å². The average Bonchev–Trinajstić information content (AvgIpc) is 3.13. The van der Waals surface area contributed by atoms with E-state index in [1.165, 1.54) is 0 Å². The van der Waals surface area contributed by atoms with Crippen molar-refractivity contribution < 1.29 is 9.84 Å². The molecule has 7 nitrogen and oxygen atoms in total. The van der Waals surface area contributed by atoms with Crippen LogP contribution in [0.2, 0.25) is 0 Å². The van der Waals surface area contributed by atoms with Crippen LogP contribution in [0.4, 0.5) is 5.82 Å². The molecule has 0 spiro atoms. The topological polar surface area (TPSA) is 66.7 Å². The molecule has 1 N–H and O–H groups in total. The molecule has 7 heteroatoms. The summed E-state index contributed by atoms with van der Waals surface area (Å²) in [6.07, 6.45) is 4.66. The van der Waals surface area contributed by atoms with E-state index in [0.29, 0.717) is 24.9 Å². The molecule has 0 bridgehead atoms. The van der Waals surface area contributed by atoms with Crippen LogP contribution in [0.1, 0.15) is 19.4 Å². The van der Waals surface area contributed by atoms with E-state index in [-0.39, 0.29) is 6.10 Å². The first kappa shape index (κ1) is 17.7. The standard InChI is InChI=1S/C18H27N5O2/c1-13(2)22(4)18-6-5-14(7-19-18)9-23-11-16(24)17(12-23)25-15-8-20-21(3)10-15/h5-8,10,13,16-17,24H,9,11-12H2,1-4H3/t16-,17-/m1/s1. The lowest BCUT2D eigenvalue weighted by Gasteiger charge is -2.23. The first-order valence-electron chi connectivity index (χ1n) is 8.66. The van der Waals surface area contributed by atoms with Crippen molar-refractivity contribution in [1.29, 1.82) is 0 Å². The van der Waals surface area contributed by atoms with Gasteiger partial charge in [-0.3, -0.25) is 9.58 Å². The minimum atomic E-state index is -0.500. The molecule has 0 amide bonds. The van der Waals surface area contributed by atoms with Crippen LogP contribution in [-0.2, 0) is 13.6 Å². The van der Waals surface area contributed by atoms with E-state index >= 15 is 0 Å². The Morgan fingerprint density at radius 2 is 2.12 bits per heavy atom. The van der Waals surface area contributed by atoms with E-state index in [1.807, 2.05) is 32.6 Å². The zero-order chi connectivity index (χ0) is 18.0. The Bertz CT molecular complexity index is 685. The molecule has 25 heavy (non-hydrogen) atoms. The summed E-state index contributed by atoms with van der Waals surface area (Å²) in [5.74, 6) is 1.66. The molecule has 1 saturated heterocycles. The highest BCUT2D eigenvalue weighted by Gasteiger charge is 2.33. The van der Waals surface area contributed by atoms with Gasteiger partial charge in [-0.1, -0.05) is 6.07 Å². The SMILES string of the molecule is CC(C)N(C)c1ccc(CN2C[C@@H](O)[C@H](Oc3cnn(C)c3)C2)cn1. The van der Waals surface area contributed by atoms with Crippen LogP contribution in [0.5, 0.6) is 5.75 Å². The van der Waals surface area contributed by atoms with Gasteiger partial charge >= 0.3 is 0 Å². The normalized spacial score (nSPS) is 21.0. The summed E-state index contributed by atoms with van der Waals surface area (Å²) >= 11 is 0. The molecule has 136 valence electrons. The molecule has 1 aliphatic heterocycles. The van der Waals surface area contributed by atoms with Gasteiger partial charge in [0.25, 0.3) is 0 Å². The van der Waals surface area contributed by atoms with Gasteiger partial charge in [0, 0.05) is 46.0 Å². The van der Waals surface area contributed by atoms with Gasteiger partial charge in [0.05, 0.1) is 12.4 Å². The van der Waals surface area contributed by atoms with Gasteiger partial charge in [-0.05, 0) is 25.5 Å². The summed E-state index contributed by atoms with van der Waals surface area (Å²) in [4.78, 5) is 8.87. The molecule has 0 aliphatic carbocycles. The smallest absolute Gasteiger partial charge is 0.157 e. The van der Waals surface area contributed by atoms with Gasteiger partial charge in [0.1, 0.15) is 18.0 Å². The summed E-state index contributed by atoms with van der Waals surface area (Å²) in [5, 5.41) is 14.4. The lowest BCUT2D eigenvalue weighted by molar-refractivity contribution is 0.0736. The maximum atomic E-state index is 10.3. The highest BCUT2D eigenvalue weighted by Crippen LogP contribution is 2.20. The second kappa shape index (κ2) is 7.41. The van der Waals surface area contributed by atoms with Crippen molar-refractivity contribution in [1.82, 2.24) is 19.7 Å². The summed E-state index contributed by atoms with van der Waals surface area (Å²) in [7, 11) is 3.89. The van der Waals surface area contributed by atoms with Crippen molar-refractivity contribution in [2.75, 3.05) is 25.0 Å². The Kier molecular flexibility index (Phi) is 5.24. The number of aliphatic hydroxyl groups is 1. The quantitative estimate of drug-likeness (QED) is 0.851. The average molecular weight is 345 g/mol. The van der Waals surface area contributed by atoms with Crippen molar-refractivity contribution in [3.63, 3.8) is 0 Å². The second-order valence-electron chi connectivity index (χ2n) is 7.00. The highest BCUT2D eigenvalue weighted by molar-refractivity contribution is 5.39. The number of nitrogens with zero attached hydrogens (tertiary/aromatic N) is 5. The Balaban J connectivity index is 1.56. The van der Waals surface area contributed by atoms with E-state index < -0.39 is 6.10 Å². The van der Waals surface area contributed by atoms with E-state index in [1.54, 1.807) is 10.9 Å². The van der Waals surface area contributed by atoms with Crippen LogP contribution >= 0.6 is 0 Å². The summed E-state index contributed by atoms with van der Waals surface area (Å²) < 4.78 is 7.55. The Hall–Kier alpha value is -2.12. The fraction of sp³-hybridized carbons (Fsp3) is 0.556. The summed E-state index contributed by atoms with van der Waals surface area (Å²) in [6.45, 7) is 6.32. The molecule has 3 heterocycles. The number of ether oxygens (including phenoxy) is 1. The van der Waals surface area contributed by atoms with Crippen molar-refractivity contribution in [3.8, 4) is 5.75 Å². The number of pyridine rings is 1. The second-order valence-corrected chi connectivity index (χ2v) is 7.00. The third-order valence-electron chi connectivity index (χ3n) is 4.63. The maximum absolute atomic E-state index is 10.3. The minimum absolute atomic E-state index is 0.233. The van der Waals surface area contributed by atoms with Gasteiger partial charge < -0.3 is 14.7 Å². The zero-order valence-electron chi connectivity index (χ0n) is 15.3.